The van der Waals surface area contributed by atoms with Crippen molar-refractivity contribution in [2.75, 3.05) is 0 Å². The molecule has 27 heavy (non-hydrogen) atoms. The van der Waals surface area contributed by atoms with E-state index in [1.165, 1.54) is 38.5 Å². The average Bonchev–Trinajstić information content (AvgIpc) is 2.63. The summed E-state index contributed by atoms with van der Waals surface area (Å²) in [5.41, 5.74) is 2.84. The van der Waals surface area contributed by atoms with Gasteiger partial charge in [0.15, 0.2) is 0 Å². The zero-order chi connectivity index (χ0) is 19.9. The molecule has 150 valence electrons. The molecule has 1 unspecified atom stereocenters. The van der Waals surface area contributed by atoms with Crippen LogP contribution in [0.25, 0.3) is 10.9 Å². The minimum Gasteiger partial charge on any atom is -0.241 e. The molecule has 0 radical (unpaired) electrons. The largest absolute Gasteiger partial charge is 0.249 e. The van der Waals surface area contributed by atoms with Crippen LogP contribution < -0.4 is 0 Å². The lowest BCUT2D eigenvalue weighted by molar-refractivity contribution is 0.0226. The summed E-state index contributed by atoms with van der Waals surface area (Å²) in [6, 6.07) is 5.46. The zero-order valence-corrected chi connectivity index (χ0v) is 17.3. The first-order valence-corrected chi connectivity index (χ1v) is 10.4. The summed E-state index contributed by atoms with van der Waals surface area (Å²) in [7, 11) is 0. The zero-order valence-electron chi connectivity index (χ0n) is 17.3. The van der Waals surface area contributed by atoms with Crippen molar-refractivity contribution in [2.45, 2.75) is 91.4 Å². The first kappa shape index (κ1) is 21.7. The molecule has 0 saturated heterocycles. The number of hydrogen-bond donors (Lipinski definition) is 0. The molecule has 4 heteroatoms. The van der Waals surface area contributed by atoms with Gasteiger partial charge < -0.3 is 0 Å². The molecule has 0 aliphatic carbocycles. The van der Waals surface area contributed by atoms with Crippen molar-refractivity contribution in [3.63, 3.8) is 0 Å². The second kappa shape index (κ2) is 9.57. The highest BCUT2D eigenvalue weighted by molar-refractivity contribution is 5.81. The number of aromatic nitrogens is 2. The van der Waals surface area contributed by atoms with Crippen molar-refractivity contribution >= 4 is 10.9 Å². The van der Waals surface area contributed by atoms with Crippen LogP contribution in [0, 0.1) is 5.41 Å². The second-order valence-electron chi connectivity index (χ2n) is 8.13. The lowest BCUT2D eigenvalue weighted by atomic mass is 9.73. The maximum absolute atomic E-state index is 13.4. The highest BCUT2D eigenvalue weighted by Crippen LogP contribution is 2.39. The first-order chi connectivity index (χ1) is 12.8. The van der Waals surface area contributed by atoms with Crippen LogP contribution in [-0.4, -0.2) is 15.9 Å². The van der Waals surface area contributed by atoms with Gasteiger partial charge in [-0.15, -0.1) is 0 Å². The third kappa shape index (κ3) is 6.22. The number of rotatable bonds is 11. The Balaban J connectivity index is 2.27. The maximum atomic E-state index is 13.4. The molecule has 1 heterocycles. The summed E-state index contributed by atoms with van der Waals surface area (Å²) in [6.07, 6.45) is 10.7. The molecular weight excluding hydrogens is 342 g/mol. The lowest BCUT2D eigenvalue weighted by Crippen LogP contribution is -2.21. The fraction of sp³-hybridized carbons (Fsp3) is 0.652. The van der Waals surface area contributed by atoms with E-state index >= 15 is 0 Å². The number of benzene rings is 1. The Morgan fingerprint density at radius 1 is 0.963 bits per heavy atom. The van der Waals surface area contributed by atoms with Crippen LogP contribution in [0.15, 0.2) is 24.5 Å². The molecule has 1 aromatic carbocycles. The standard InChI is InChI=1S/C23H34F2N2/c1-5-8-13-23(7-3,12-6-2)14-11-21-19-15-18(16-22(4,24)25)9-10-20(19)26-17-27-21/h9-10,15,17H,5-8,11-14,16H2,1-4H3. The van der Waals surface area contributed by atoms with Crippen molar-refractivity contribution in [2.24, 2.45) is 5.41 Å². The fourth-order valence-electron chi connectivity index (χ4n) is 4.20. The van der Waals surface area contributed by atoms with Crippen LogP contribution in [0.4, 0.5) is 8.78 Å². The second-order valence-corrected chi connectivity index (χ2v) is 8.13. The number of halogens is 2. The number of nitrogens with zero attached hydrogens (tertiary/aromatic N) is 2. The summed E-state index contributed by atoms with van der Waals surface area (Å²) < 4.78 is 26.9. The van der Waals surface area contributed by atoms with Gasteiger partial charge in [0.05, 0.1) is 11.2 Å². The van der Waals surface area contributed by atoms with Crippen molar-refractivity contribution in [3.05, 3.63) is 35.8 Å². The molecule has 0 N–H and O–H groups in total. The normalized spacial score (nSPS) is 14.4. The Hall–Kier alpha value is -1.58. The molecule has 2 aromatic rings. The Kier molecular flexibility index (Phi) is 7.69. The van der Waals surface area contributed by atoms with Crippen molar-refractivity contribution in [1.82, 2.24) is 9.97 Å². The number of alkyl halides is 2. The van der Waals surface area contributed by atoms with E-state index in [4.69, 9.17) is 0 Å². The van der Waals surface area contributed by atoms with Crippen LogP contribution >= 0.6 is 0 Å². The molecule has 2 nitrogen and oxygen atoms in total. The van der Waals surface area contributed by atoms with Gasteiger partial charge in [-0.05, 0) is 55.7 Å². The Morgan fingerprint density at radius 2 is 1.74 bits per heavy atom. The molecule has 0 bridgehead atoms. The fourth-order valence-corrected chi connectivity index (χ4v) is 4.20. The smallest absolute Gasteiger partial charge is 0.241 e. The predicted molar refractivity (Wildman–Crippen MR) is 109 cm³/mol. The molecule has 0 saturated carbocycles. The number of fused-ring (bicyclic) bond motifs is 1. The monoisotopic (exact) mass is 376 g/mol. The van der Waals surface area contributed by atoms with Gasteiger partial charge in [-0.1, -0.05) is 52.5 Å². The summed E-state index contributed by atoms with van der Waals surface area (Å²) in [6.45, 7) is 7.77. The van der Waals surface area contributed by atoms with Gasteiger partial charge in [-0.3, -0.25) is 0 Å². The Bertz CT molecular complexity index is 724. The van der Waals surface area contributed by atoms with E-state index in [2.05, 4.69) is 30.7 Å². The van der Waals surface area contributed by atoms with E-state index in [1.54, 1.807) is 12.4 Å². The molecule has 1 aromatic heterocycles. The maximum Gasteiger partial charge on any atom is 0.249 e. The van der Waals surface area contributed by atoms with Crippen molar-refractivity contribution < 1.29 is 8.78 Å². The van der Waals surface area contributed by atoms with Crippen LogP contribution in [0.3, 0.4) is 0 Å². The van der Waals surface area contributed by atoms with Gasteiger partial charge >= 0.3 is 0 Å². The van der Waals surface area contributed by atoms with Crippen molar-refractivity contribution in [1.29, 1.82) is 0 Å². The topological polar surface area (TPSA) is 25.8 Å². The minimum atomic E-state index is -2.71. The van der Waals surface area contributed by atoms with E-state index in [0.717, 1.165) is 36.4 Å². The van der Waals surface area contributed by atoms with Gasteiger partial charge in [-0.25, -0.2) is 18.7 Å². The van der Waals surface area contributed by atoms with Gasteiger partial charge in [0.25, 0.3) is 0 Å². The quantitative estimate of drug-likeness (QED) is 0.416. The highest BCUT2D eigenvalue weighted by atomic mass is 19.3. The van der Waals surface area contributed by atoms with Crippen LogP contribution in [0.1, 0.15) is 83.9 Å². The third-order valence-electron chi connectivity index (χ3n) is 5.78. The number of unbranched alkanes of at least 4 members (excludes halogenated alkanes) is 1. The van der Waals surface area contributed by atoms with E-state index in [-0.39, 0.29) is 6.42 Å². The Labute approximate surface area is 162 Å². The number of hydrogen-bond acceptors (Lipinski definition) is 2. The minimum absolute atomic E-state index is 0.248. The van der Waals surface area contributed by atoms with Gasteiger partial charge in [0.1, 0.15) is 6.33 Å². The molecule has 0 spiro atoms. The SMILES string of the molecule is CCCCC(CC)(CCC)CCc1ncnc2ccc(CC(C)(F)F)cc12. The Morgan fingerprint density at radius 3 is 2.37 bits per heavy atom. The van der Waals surface area contributed by atoms with E-state index in [1.807, 2.05) is 12.1 Å². The molecule has 2 rings (SSSR count). The molecule has 0 aliphatic rings. The molecular formula is C23H34F2N2. The molecule has 1 atom stereocenters. The summed E-state index contributed by atoms with van der Waals surface area (Å²) in [4.78, 5) is 8.85. The first-order valence-electron chi connectivity index (χ1n) is 10.4. The molecule has 0 fully saturated rings. The van der Waals surface area contributed by atoms with E-state index < -0.39 is 5.92 Å². The van der Waals surface area contributed by atoms with Crippen LogP contribution in [0.2, 0.25) is 0 Å². The van der Waals surface area contributed by atoms with Gasteiger partial charge in [0.2, 0.25) is 5.92 Å². The summed E-state index contributed by atoms with van der Waals surface area (Å²) in [5, 5.41) is 0.927. The van der Waals surface area contributed by atoms with E-state index in [0.29, 0.717) is 11.0 Å². The van der Waals surface area contributed by atoms with Crippen molar-refractivity contribution in [3.8, 4) is 0 Å². The van der Waals surface area contributed by atoms with Gasteiger partial charge in [0, 0.05) is 11.8 Å². The average molecular weight is 377 g/mol. The van der Waals surface area contributed by atoms with Crippen LogP contribution in [0.5, 0.6) is 0 Å². The van der Waals surface area contributed by atoms with Gasteiger partial charge in [-0.2, -0.15) is 0 Å². The van der Waals surface area contributed by atoms with E-state index in [9.17, 15) is 8.78 Å². The lowest BCUT2D eigenvalue weighted by Gasteiger charge is -2.33. The van der Waals surface area contributed by atoms with Crippen LogP contribution in [-0.2, 0) is 12.8 Å². The molecule has 0 aliphatic heterocycles. The highest BCUT2D eigenvalue weighted by Gasteiger charge is 2.27. The summed E-state index contributed by atoms with van der Waals surface area (Å²) in [5.74, 6) is -2.71. The number of aryl methyl sites for hydroxylation is 1. The molecule has 0 amide bonds. The summed E-state index contributed by atoms with van der Waals surface area (Å²) >= 11 is 0. The third-order valence-corrected chi connectivity index (χ3v) is 5.78. The predicted octanol–water partition coefficient (Wildman–Crippen LogP) is 7.15.